The van der Waals surface area contributed by atoms with Gasteiger partial charge in [0.2, 0.25) is 5.91 Å². The van der Waals surface area contributed by atoms with E-state index in [-0.39, 0.29) is 5.91 Å². The minimum atomic E-state index is 0.122. The molecule has 0 aliphatic rings. The average molecular weight is 274 g/mol. The number of carbonyl (C=O) groups excluding carboxylic acids is 1. The number of nitrogens with zero attached hydrogens (tertiary/aromatic N) is 3. The van der Waals surface area contributed by atoms with E-state index in [1.165, 1.54) is 0 Å². The second-order valence-corrected chi connectivity index (χ2v) is 4.71. The highest BCUT2D eigenvalue weighted by atomic mass is 16.2. The van der Waals surface area contributed by atoms with E-state index in [1.54, 1.807) is 0 Å². The van der Waals surface area contributed by atoms with E-state index in [0.717, 1.165) is 29.9 Å². The highest BCUT2D eigenvalue weighted by Crippen LogP contribution is 2.16. The van der Waals surface area contributed by atoms with Crippen molar-refractivity contribution in [3.63, 3.8) is 0 Å². The lowest BCUT2D eigenvalue weighted by atomic mass is 10.3. The summed E-state index contributed by atoms with van der Waals surface area (Å²) in [5.41, 5.74) is 7.56. The van der Waals surface area contributed by atoms with E-state index in [4.69, 9.17) is 5.73 Å². The zero-order valence-electron chi connectivity index (χ0n) is 12.2. The van der Waals surface area contributed by atoms with Crippen LogP contribution in [0.15, 0.2) is 24.3 Å². The third kappa shape index (κ3) is 2.82. The van der Waals surface area contributed by atoms with Gasteiger partial charge in [0.15, 0.2) is 0 Å². The first-order chi connectivity index (χ1) is 9.71. The first-order valence-corrected chi connectivity index (χ1v) is 7.13. The molecule has 1 aromatic carbocycles. The van der Waals surface area contributed by atoms with Gasteiger partial charge in [0.05, 0.1) is 11.0 Å². The fourth-order valence-electron chi connectivity index (χ4n) is 2.43. The van der Waals surface area contributed by atoms with Gasteiger partial charge >= 0.3 is 0 Å². The Morgan fingerprint density at radius 1 is 1.30 bits per heavy atom. The van der Waals surface area contributed by atoms with Gasteiger partial charge in [-0.1, -0.05) is 12.1 Å². The highest BCUT2D eigenvalue weighted by Gasteiger charge is 2.15. The molecule has 108 valence electrons. The largest absolute Gasteiger partial charge is 0.342 e. The number of para-hydroxylation sites is 2. The lowest BCUT2D eigenvalue weighted by molar-refractivity contribution is -0.131. The van der Waals surface area contributed by atoms with Gasteiger partial charge in [-0.3, -0.25) is 4.79 Å². The van der Waals surface area contributed by atoms with Gasteiger partial charge in [0.1, 0.15) is 12.4 Å². The van der Waals surface area contributed by atoms with Crippen LogP contribution in [0, 0.1) is 0 Å². The molecule has 5 nitrogen and oxygen atoms in total. The second kappa shape index (κ2) is 6.52. The molecule has 1 heterocycles. The van der Waals surface area contributed by atoms with E-state index < -0.39 is 0 Å². The maximum Gasteiger partial charge on any atom is 0.242 e. The predicted molar refractivity (Wildman–Crippen MR) is 80.4 cm³/mol. The van der Waals surface area contributed by atoms with Gasteiger partial charge < -0.3 is 15.2 Å². The van der Waals surface area contributed by atoms with Crippen LogP contribution >= 0.6 is 0 Å². The maximum atomic E-state index is 12.3. The van der Waals surface area contributed by atoms with Crippen molar-refractivity contribution in [3.8, 4) is 0 Å². The number of amides is 1. The van der Waals surface area contributed by atoms with Crippen molar-refractivity contribution in [1.82, 2.24) is 14.5 Å². The molecule has 2 aromatic rings. The Hall–Kier alpha value is -1.88. The molecule has 5 heteroatoms. The molecule has 0 saturated carbocycles. The number of rotatable bonds is 6. The third-order valence-electron chi connectivity index (χ3n) is 3.51. The predicted octanol–water partition coefficient (Wildman–Crippen LogP) is 1.41. The fraction of sp³-hybridized carbons (Fsp3) is 0.467. The normalized spacial score (nSPS) is 10.9. The molecule has 20 heavy (non-hydrogen) atoms. The average Bonchev–Trinajstić information content (AvgIpc) is 2.79. The number of likely N-dealkylation sites (N-methyl/N-ethyl adjacent to an activating group) is 1. The van der Waals surface area contributed by atoms with Crippen LogP contribution < -0.4 is 5.73 Å². The summed E-state index contributed by atoms with van der Waals surface area (Å²) < 4.78 is 1.99. The Labute approximate surface area is 119 Å². The molecule has 0 spiro atoms. The first kappa shape index (κ1) is 14.5. The third-order valence-corrected chi connectivity index (χ3v) is 3.51. The summed E-state index contributed by atoms with van der Waals surface area (Å²) in [4.78, 5) is 18.7. The molecule has 1 aromatic heterocycles. The lowest BCUT2D eigenvalue weighted by Gasteiger charge is -2.19. The fourth-order valence-corrected chi connectivity index (χ4v) is 2.43. The van der Waals surface area contributed by atoms with Crippen LogP contribution in [0.3, 0.4) is 0 Å². The summed E-state index contributed by atoms with van der Waals surface area (Å²) in [5.74, 6) is 1.01. The standard InChI is InChI=1S/C15H22N4O/c1-3-18(4-2)15(20)11-19-13-8-6-5-7-12(13)17-14(19)9-10-16/h5-8H,3-4,9-11,16H2,1-2H3. The minimum absolute atomic E-state index is 0.122. The summed E-state index contributed by atoms with van der Waals surface area (Å²) in [6.07, 6.45) is 0.681. The quantitative estimate of drug-likeness (QED) is 0.866. The van der Waals surface area contributed by atoms with Gasteiger partial charge in [0, 0.05) is 19.5 Å². The summed E-state index contributed by atoms with van der Waals surface area (Å²) in [6, 6.07) is 7.89. The molecule has 0 atom stereocenters. The number of benzene rings is 1. The van der Waals surface area contributed by atoms with Crippen LogP contribution in [0.4, 0.5) is 0 Å². The zero-order valence-corrected chi connectivity index (χ0v) is 12.2. The molecule has 1 amide bonds. The number of aromatic nitrogens is 2. The Kier molecular flexibility index (Phi) is 4.74. The van der Waals surface area contributed by atoms with E-state index in [9.17, 15) is 4.79 Å². The summed E-state index contributed by atoms with van der Waals surface area (Å²) in [5, 5.41) is 0. The van der Waals surface area contributed by atoms with Crippen molar-refractivity contribution in [1.29, 1.82) is 0 Å². The smallest absolute Gasteiger partial charge is 0.242 e. The van der Waals surface area contributed by atoms with Gasteiger partial charge in [0.25, 0.3) is 0 Å². The molecule has 0 saturated heterocycles. The molecule has 2 rings (SSSR count). The van der Waals surface area contributed by atoms with Gasteiger partial charge in [-0.25, -0.2) is 4.98 Å². The van der Waals surface area contributed by atoms with Crippen LogP contribution in [0.25, 0.3) is 11.0 Å². The minimum Gasteiger partial charge on any atom is -0.342 e. The number of hydrogen-bond donors (Lipinski definition) is 1. The van der Waals surface area contributed by atoms with Crippen LogP contribution in [0.5, 0.6) is 0 Å². The first-order valence-electron chi connectivity index (χ1n) is 7.13. The molecule has 2 N–H and O–H groups in total. The Balaban J connectivity index is 2.36. The second-order valence-electron chi connectivity index (χ2n) is 4.71. The molecule has 0 bridgehead atoms. The Morgan fingerprint density at radius 3 is 2.65 bits per heavy atom. The van der Waals surface area contributed by atoms with Crippen molar-refractivity contribution in [2.45, 2.75) is 26.8 Å². The lowest BCUT2D eigenvalue weighted by Crippen LogP contribution is -2.33. The van der Waals surface area contributed by atoms with Crippen LogP contribution in [0.1, 0.15) is 19.7 Å². The maximum absolute atomic E-state index is 12.3. The molecule has 0 radical (unpaired) electrons. The zero-order chi connectivity index (χ0) is 14.5. The van der Waals surface area contributed by atoms with Crippen LogP contribution in [-0.2, 0) is 17.8 Å². The molecule has 0 unspecified atom stereocenters. The molecular weight excluding hydrogens is 252 g/mol. The topological polar surface area (TPSA) is 64.2 Å². The van der Waals surface area contributed by atoms with Crippen LogP contribution in [0.2, 0.25) is 0 Å². The number of carbonyl (C=O) groups is 1. The number of imidazole rings is 1. The Bertz CT molecular complexity index is 587. The van der Waals surface area contributed by atoms with Gasteiger partial charge in [-0.15, -0.1) is 0 Å². The van der Waals surface area contributed by atoms with Crippen LogP contribution in [-0.4, -0.2) is 40.0 Å². The van der Waals surface area contributed by atoms with Crippen molar-refractivity contribution in [2.75, 3.05) is 19.6 Å². The number of hydrogen-bond acceptors (Lipinski definition) is 3. The monoisotopic (exact) mass is 274 g/mol. The number of fused-ring (bicyclic) bond motifs is 1. The van der Waals surface area contributed by atoms with Crippen molar-refractivity contribution < 1.29 is 4.79 Å². The Morgan fingerprint density at radius 2 is 2.00 bits per heavy atom. The number of nitrogens with two attached hydrogens (primary N) is 1. The van der Waals surface area contributed by atoms with E-state index in [1.807, 2.05) is 47.6 Å². The van der Waals surface area contributed by atoms with E-state index in [0.29, 0.717) is 19.5 Å². The summed E-state index contributed by atoms with van der Waals surface area (Å²) in [6.45, 7) is 6.31. The van der Waals surface area contributed by atoms with E-state index in [2.05, 4.69) is 4.98 Å². The molecule has 0 aliphatic carbocycles. The van der Waals surface area contributed by atoms with Crippen molar-refractivity contribution in [3.05, 3.63) is 30.1 Å². The highest BCUT2D eigenvalue weighted by molar-refractivity contribution is 5.81. The molecular formula is C15H22N4O. The van der Waals surface area contributed by atoms with E-state index >= 15 is 0 Å². The van der Waals surface area contributed by atoms with Gasteiger partial charge in [-0.2, -0.15) is 0 Å². The summed E-state index contributed by atoms with van der Waals surface area (Å²) >= 11 is 0. The molecule has 0 fully saturated rings. The van der Waals surface area contributed by atoms with Crippen molar-refractivity contribution >= 4 is 16.9 Å². The SMILES string of the molecule is CCN(CC)C(=O)Cn1c(CCN)nc2ccccc21. The molecule has 0 aliphatic heterocycles. The van der Waals surface area contributed by atoms with Gasteiger partial charge in [-0.05, 0) is 32.5 Å². The summed E-state index contributed by atoms with van der Waals surface area (Å²) in [7, 11) is 0. The van der Waals surface area contributed by atoms with Crippen molar-refractivity contribution in [2.24, 2.45) is 5.73 Å².